The molecular weight excluding hydrogens is 283 g/mol. The number of benzene rings is 1. The van der Waals surface area contributed by atoms with Crippen molar-refractivity contribution in [1.82, 2.24) is 10.4 Å². The summed E-state index contributed by atoms with van der Waals surface area (Å²) >= 11 is 0. The fourth-order valence-corrected chi connectivity index (χ4v) is 1.99. The van der Waals surface area contributed by atoms with E-state index in [0.717, 1.165) is 5.56 Å². The molecule has 7 heteroatoms. The molecular formula is C14H14F3N3O. The predicted octanol–water partition coefficient (Wildman–Crippen LogP) is 2.84. The average molecular weight is 297 g/mol. The van der Waals surface area contributed by atoms with Crippen LogP contribution in [0.2, 0.25) is 0 Å². The van der Waals surface area contributed by atoms with Crippen molar-refractivity contribution in [2.24, 2.45) is 5.84 Å². The van der Waals surface area contributed by atoms with E-state index in [1.54, 1.807) is 24.4 Å². The Kier molecular flexibility index (Phi) is 4.44. The summed E-state index contributed by atoms with van der Waals surface area (Å²) in [6.07, 6.45) is -3.20. The zero-order valence-electron chi connectivity index (χ0n) is 11.2. The summed E-state index contributed by atoms with van der Waals surface area (Å²) in [4.78, 5) is 4.15. The second-order valence-corrected chi connectivity index (χ2v) is 4.44. The van der Waals surface area contributed by atoms with Gasteiger partial charge in [-0.2, -0.15) is 0 Å². The van der Waals surface area contributed by atoms with E-state index < -0.39 is 12.4 Å². The van der Waals surface area contributed by atoms with Gasteiger partial charge in [-0.3, -0.25) is 10.8 Å². The second kappa shape index (κ2) is 6.11. The zero-order chi connectivity index (χ0) is 15.5. The van der Waals surface area contributed by atoms with Gasteiger partial charge in [-0.05, 0) is 30.7 Å². The number of hydrazine groups is 1. The van der Waals surface area contributed by atoms with E-state index in [4.69, 9.17) is 5.84 Å². The lowest BCUT2D eigenvalue weighted by Crippen LogP contribution is -2.30. The average Bonchev–Trinajstić information content (AvgIpc) is 2.40. The third-order valence-electron chi connectivity index (χ3n) is 2.85. The van der Waals surface area contributed by atoms with Crippen molar-refractivity contribution in [3.8, 4) is 5.75 Å². The van der Waals surface area contributed by atoms with Gasteiger partial charge in [-0.25, -0.2) is 5.43 Å². The van der Waals surface area contributed by atoms with Crippen LogP contribution in [0, 0.1) is 6.92 Å². The molecule has 0 amide bonds. The van der Waals surface area contributed by atoms with Crippen LogP contribution < -0.4 is 16.0 Å². The Bertz CT molecular complexity index is 616. The van der Waals surface area contributed by atoms with Gasteiger partial charge in [0.25, 0.3) is 0 Å². The van der Waals surface area contributed by atoms with Crippen LogP contribution in [-0.4, -0.2) is 11.3 Å². The number of aryl methyl sites for hydroxylation is 1. The largest absolute Gasteiger partial charge is 0.573 e. The smallest absolute Gasteiger partial charge is 0.405 e. The molecule has 1 heterocycles. The molecule has 0 saturated carbocycles. The number of ether oxygens (including phenoxy) is 1. The van der Waals surface area contributed by atoms with Crippen LogP contribution >= 0.6 is 0 Å². The van der Waals surface area contributed by atoms with E-state index >= 15 is 0 Å². The van der Waals surface area contributed by atoms with Crippen molar-refractivity contribution in [1.29, 1.82) is 0 Å². The number of nitrogens with two attached hydrogens (primary N) is 1. The Morgan fingerprint density at radius 1 is 1.24 bits per heavy atom. The van der Waals surface area contributed by atoms with Gasteiger partial charge in [0.15, 0.2) is 0 Å². The predicted molar refractivity (Wildman–Crippen MR) is 71.3 cm³/mol. The first kappa shape index (κ1) is 15.3. The second-order valence-electron chi connectivity index (χ2n) is 4.44. The van der Waals surface area contributed by atoms with Crippen molar-refractivity contribution in [2.75, 3.05) is 0 Å². The summed E-state index contributed by atoms with van der Waals surface area (Å²) in [6.45, 7) is 1.86. The molecule has 0 aliphatic carbocycles. The first-order valence-electron chi connectivity index (χ1n) is 6.14. The molecule has 1 atom stereocenters. The summed E-state index contributed by atoms with van der Waals surface area (Å²) in [5, 5.41) is 0. The van der Waals surface area contributed by atoms with Crippen LogP contribution in [0.15, 0.2) is 42.6 Å². The van der Waals surface area contributed by atoms with Crippen LogP contribution in [0.4, 0.5) is 13.2 Å². The Hall–Kier alpha value is -2.12. The minimum Gasteiger partial charge on any atom is -0.405 e. The van der Waals surface area contributed by atoms with Crippen molar-refractivity contribution < 1.29 is 17.9 Å². The van der Waals surface area contributed by atoms with E-state index in [2.05, 4.69) is 15.1 Å². The number of pyridine rings is 1. The van der Waals surface area contributed by atoms with Gasteiger partial charge in [0.2, 0.25) is 0 Å². The number of alkyl halides is 3. The van der Waals surface area contributed by atoms with Crippen LogP contribution in [-0.2, 0) is 0 Å². The molecule has 21 heavy (non-hydrogen) atoms. The van der Waals surface area contributed by atoms with Gasteiger partial charge in [0, 0.05) is 11.8 Å². The molecule has 1 aromatic heterocycles. The third-order valence-corrected chi connectivity index (χ3v) is 2.85. The van der Waals surface area contributed by atoms with Gasteiger partial charge in [-0.15, -0.1) is 13.2 Å². The van der Waals surface area contributed by atoms with Gasteiger partial charge in [-0.1, -0.05) is 18.2 Å². The van der Waals surface area contributed by atoms with E-state index in [-0.39, 0.29) is 11.3 Å². The number of hydrogen-bond acceptors (Lipinski definition) is 4. The van der Waals surface area contributed by atoms with Crippen molar-refractivity contribution >= 4 is 0 Å². The maximum atomic E-state index is 12.5. The van der Waals surface area contributed by atoms with Crippen molar-refractivity contribution in [2.45, 2.75) is 19.3 Å². The molecule has 4 nitrogen and oxygen atoms in total. The Morgan fingerprint density at radius 2 is 1.95 bits per heavy atom. The number of hydrogen-bond donors (Lipinski definition) is 2. The van der Waals surface area contributed by atoms with Gasteiger partial charge in [0.1, 0.15) is 5.75 Å². The van der Waals surface area contributed by atoms with E-state index in [1.165, 1.54) is 18.2 Å². The van der Waals surface area contributed by atoms with Gasteiger partial charge in [0.05, 0.1) is 11.7 Å². The number of nitrogens with one attached hydrogen (secondary N) is 1. The minimum atomic E-state index is -4.77. The fourth-order valence-electron chi connectivity index (χ4n) is 1.99. The molecule has 0 bridgehead atoms. The summed E-state index contributed by atoms with van der Waals surface area (Å²) in [6, 6.07) is 8.65. The van der Waals surface area contributed by atoms with Crippen molar-refractivity contribution in [3.05, 3.63) is 59.4 Å². The summed E-state index contributed by atoms with van der Waals surface area (Å²) in [5.41, 5.74) is 4.17. The quantitative estimate of drug-likeness (QED) is 0.673. The Morgan fingerprint density at radius 3 is 2.57 bits per heavy atom. The molecule has 0 radical (unpaired) electrons. The van der Waals surface area contributed by atoms with Gasteiger partial charge >= 0.3 is 6.36 Å². The summed E-state index contributed by atoms with van der Waals surface area (Å²) in [7, 11) is 0. The van der Waals surface area contributed by atoms with Gasteiger partial charge < -0.3 is 4.74 Å². The fraction of sp³-hybridized carbons (Fsp3) is 0.214. The molecule has 3 N–H and O–H groups in total. The molecule has 2 rings (SSSR count). The van der Waals surface area contributed by atoms with E-state index in [0.29, 0.717) is 5.69 Å². The minimum absolute atomic E-state index is 0.260. The molecule has 0 fully saturated rings. The number of nitrogens with zero attached hydrogens (tertiary/aromatic N) is 1. The molecule has 0 aliphatic heterocycles. The standard InChI is InChI=1S/C14H14F3N3O/c1-9-6-7-19-11(8-9)13(20-18)10-4-2-3-5-12(10)21-14(15,16)17/h2-8,13,20H,18H2,1H3. The summed E-state index contributed by atoms with van der Waals surface area (Å²) < 4.78 is 41.4. The van der Waals surface area contributed by atoms with Crippen LogP contribution in [0.3, 0.4) is 0 Å². The maximum Gasteiger partial charge on any atom is 0.573 e. The Labute approximate surface area is 119 Å². The SMILES string of the molecule is Cc1ccnc(C(NN)c2ccccc2OC(F)(F)F)c1. The van der Waals surface area contributed by atoms with E-state index in [9.17, 15) is 13.2 Å². The molecule has 0 aliphatic rings. The van der Waals surface area contributed by atoms with Crippen LogP contribution in [0.1, 0.15) is 22.9 Å². The molecule has 1 unspecified atom stereocenters. The highest BCUT2D eigenvalue weighted by Gasteiger charge is 2.33. The number of halogens is 3. The summed E-state index contributed by atoms with van der Waals surface area (Å²) in [5.74, 6) is 5.18. The number of para-hydroxylation sites is 1. The lowest BCUT2D eigenvalue weighted by Gasteiger charge is -2.20. The first-order valence-corrected chi connectivity index (χ1v) is 6.14. The Balaban J connectivity index is 2.43. The van der Waals surface area contributed by atoms with Crippen LogP contribution in [0.5, 0.6) is 5.75 Å². The normalized spacial score (nSPS) is 13.0. The lowest BCUT2D eigenvalue weighted by atomic mass is 10.0. The maximum absolute atomic E-state index is 12.5. The number of rotatable bonds is 4. The highest BCUT2D eigenvalue weighted by Crippen LogP contribution is 2.32. The van der Waals surface area contributed by atoms with Crippen LogP contribution in [0.25, 0.3) is 0 Å². The molecule has 112 valence electrons. The highest BCUT2D eigenvalue weighted by atomic mass is 19.4. The molecule has 0 saturated heterocycles. The monoisotopic (exact) mass is 297 g/mol. The van der Waals surface area contributed by atoms with Crippen molar-refractivity contribution in [3.63, 3.8) is 0 Å². The molecule has 0 spiro atoms. The molecule has 1 aromatic carbocycles. The first-order chi connectivity index (χ1) is 9.90. The topological polar surface area (TPSA) is 60.2 Å². The molecule has 2 aromatic rings. The van der Waals surface area contributed by atoms with E-state index in [1.807, 2.05) is 6.92 Å². The zero-order valence-corrected chi connectivity index (χ0v) is 11.2. The number of aromatic nitrogens is 1. The lowest BCUT2D eigenvalue weighted by molar-refractivity contribution is -0.275. The highest BCUT2D eigenvalue weighted by molar-refractivity contribution is 5.40. The third kappa shape index (κ3) is 3.93.